The second kappa shape index (κ2) is 5.09. The monoisotopic (exact) mass is 286 g/mol. The molecule has 21 heavy (non-hydrogen) atoms. The minimum Gasteiger partial charge on any atom is -0.268 e. The minimum absolute atomic E-state index is 0.0843. The number of rotatable bonds is 2. The van der Waals surface area contributed by atoms with Gasteiger partial charge in [-0.2, -0.15) is 0 Å². The first-order valence-electron chi connectivity index (χ1n) is 6.58. The van der Waals surface area contributed by atoms with E-state index in [1.807, 2.05) is 6.92 Å². The van der Waals surface area contributed by atoms with Crippen LogP contribution in [-0.4, -0.2) is 9.55 Å². The van der Waals surface area contributed by atoms with Crippen LogP contribution in [0.1, 0.15) is 12.7 Å². The Bertz CT molecular complexity index is 887. The summed E-state index contributed by atoms with van der Waals surface area (Å²) < 4.78 is 28.6. The second-order valence-corrected chi connectivity index (χ2v) is 4.64. The van der Waals surface area contributed by atoms with Gasteiger partial charge >= 0.3 is 0 Å². The Morgan fingerprint density at radius 3 is 2.62 bits per heavy atom. The summed E-state index contributed by atoms with van der Waals surface area (Å²) in [6, 6.07) is 9.93. The average Bonchev–Trinajstić information content (AvgIpc) is 2.46. The van der Waals surface area contributed by atoms with Crippen LogP contribution in [0.15, 0.2) is 47.3 Å². The zero-order valence-electron chi connectivity index (χ0n) is 11.3. The van der Waals surface area contributed by atoms with Gasteiger partial charge in [0.15, 0.2) is 0 Å². The van der Waals surface area contributed by atoms with Crippen molar-refractivity contribution in [2.75, 3.05) is 0 Å². The van der Waals surface area contributed by atoms with E-state index in [2.05, 4.69) is 4.98 Å². The molecule has 0 aliphatic carbocycles. The van der Waals surface area contributed by atoms with E-state index in [9.17, 15) is 13.6 Å². The van der Waals surface area contributed by atoms with Crippen LogP contribution in [0.3, 0.4) is 0 Å². The predicted molar refractivity (Wildman–Crippen MR) is 76.6 cm³/mol. The lowest BCUT2D eigenvalue weighted by atomic mass is 10.2. The van der Waals surface area contributed by atoms with Crippen molar-refractivity contribution in [1.82, 2.24) is 9.55 Å². The minimum atomic E-state index is -0.627. The molecule has 0 fully saturated rings. The Morgan fingerprint density at radius 1 is 1.14 bits per heavy atom. The Kier molecular flexibility index (Phi) is 3.25. The molecule has 0 amide bonds. The summed E-state index contributed by atoms with van der Waals surface area (Å²) in [6.07, 6.45) is 0.470. The maximum Gasteiger partial charge on any atom is 0.268 e. The van der Waals surface area contributed by atoms with Gasteiger partial charge in [0.25, 0.3) is 5.56 Å². The van der Waals surface area contributed by atoms with E-state index in [1.54, 1.807) is 12.1 Å². The molecule has 5 heteroatoms. The van der Waals surface area contributed by atoms with E-state index >= 15 is 0 Å². The normalized spacial score (nSPS) is 11.0. The topological polar surface area (TPSA) is 34.9 Å². The molecule has 0 unspecified atom stereocenters. The third kappa shape index (κ3) is 2.20. The van der Waals surface area contributed by atoms with E-state index in [0.29, 0.717) is 23.4 Å². The molecule has 3 nitrogen and oxygen atoms in total. The van der Waals surface area contributed by atoms with E-state index in [-0.39, 0.29) is 5.39 Å². The quantitative estimate of drug-likeness (QED) is 0.725. The maximum absolute atomic E-state index is 13.9. The average molecular weight is 286 g/mol. The van der Waals surface area contributed by atoms with Crippen molar-refractivity contribution in [3.63, 3.8) is 0 Å². The lowest BCUT2D eigenvalue weighted by molar-refractivity contribution is 0.625. The fourth-order valence-corrected chi connectivity index (χ4v) is 2.35. The molecular weight excluding hydrogens is 274 g/mol. The van der Waals surface area contributed by atoms with E-state index in [1.165, 1.54) is 34.9 Å². The first-order chi connectivity index (χ1) is 10.1. The molecule has 0 saturated carbocycles. The Hall–Kier alpha value is -2.56. The number of hydrogen-bond donors (Lipinski definition) is 0. The number of nitrogens with zero attached hydrogens (tertiary/aromatic N) is 2. The number of halogens is 2. The molecule has 0 N–H and O–H groups in total. The fourth-order valence-electron chi connectivity index (χ4n) is 2.35. The van der Waals surface area contributed by atoms with Gasteiger partial charge in [-0.3, -0.25) is 9.36 Å². The largest absolute Gasteiger partial charge is 0.268 e. The van der Waals surface area contributed by atoms with Crippen LogP contribution in [0, 0.1) is 11.6 Å². The number of aryl methyl sites for hydroxylation is 1. The van der Waals surface area contributed by atoms with Crippen LogP contribution in [0.2, 0.25) is 0 Å². The highest BCUT2D eigenvalue weighted by molar-refractivity contribution is 5.78. The van der Waals surface area contributed by atoms with E-state index in [0.717, 1.165) is 0 Å². The SMILES string of the molecule is CCc1nc2cccc(F)c2c(=O)n1-c1cccc(F)c1. The highest BCUT2D eigenvalue weighted by atomic mass is 19.1. The molecule has 3 rings (SSSR count). The van der Waals surface area contributed by atoms with Crippen molar-refractivity contribution in [2.45, 2.75) is 13.3 Å². The first kappa shape index (κ1) is 13.4. The van der Waals surface area contributed by atoms with Gasteiger partial charge in [-0.15, -0.1) is 0 Å². The summed E-state index contributed by atoms with van der Waals surface area (Å²) in [7, 11) is 0. The van der Waals surface area contributed by atoms with Crippen LogP contribution in [0.5, 0.6) is 0 Å². The van der Waals surface area contributed by atoms with Crippen molar-refractivity contribution in [3.8, 4) is 5.69 Å². The fraction of sp³-hybridized carbons (Fsp3) is 0.125. The molecule has 0 radical (unpaired) electrons. The molecule has 106 valence electrons. The molecule has 0 spiro atoms. The van der Waals surface area contributed by atoms with Crippen LogP contribution >= 0.6 is 0 Å². The molecule has 1 aromatic heterocycles. The summed E-state index contributed by atoms with van der Waals surface area (Å²) in [4.78, 5) is 16.9. The van der Waals surface area contributed by atoms with Crippen LogP contribution in [-0.2, 0) is 6.42 Å². The van der Waals surface area contributed by atoms with Gasteiger partial charge in [-0.1, -0.05) is 19.1 Å². The van der Waals surface area contributed by atoms with Crippen LogP contribution in [0.25, 0.3) is 16.6 Å². The van der Waals surface area contributed by atoms with Gasteiger partial charge in [-0.25, -0.2) is 13.8 Å². The summed E-state index contributed by atoms with van der Waals surface area (Å²) in [5.74, 6) is -0.628. The highest BCUT2D eigenvalue weighted by Crippen LogP contribution is 2.16. The molecule has 0 saturated heterocycles. The van der Waals surface area contributed by atoms with Crippen molar-refractivity contribution in [1.29, 1.82) is 0 Å². The van der Waals surface area contributed by atoms with Crippen LogP contribution in [0.4, 0.5) is 8.78 Å². The van der Waals surface area contributed by atoms with Gasteiger partial charge in [0.2, 0.25) is 0 Å². The van der Waals surface area contributed by atoms with Crippen molar-refractivity contribution < 1.29 is 8.78 Å². The maximum atomic E-state index is 13.9. The molecule has 1 heterocycles. The number of benzene rings is 2. The van der Waals surface area contributed by atoms with Crippen molar-refractivity contribution in [2.24, 2.45) is 0 Å². The van der Waals surface area contributed by atoms with Crippen LogP contribution < -0.4 is 5.56 Å². The summed E-state index contributed by atoms with van der Waals surface area (Å²) in [6.45, 7) is 1.84. The van der Waals surface area contributed by atoms with Gasteiger partial charge in [0.1, 0.15) is 22.8 Å². The summed E-state index contributed by atoms with van der Waals surface area (Å²) in [5, 5.41) is -0.0843. The van der Waals surface area contributed by atoms with E-state index < -0.39 is 17.2 Å². The summed E-state index contributed by atoms with van der Waals surface area (Å²) in [5.41, 5.74) is 0.125. The third-order valence-corrected chi connectivity index (χ3v) is 3.30. The Morgan fingerprint density at radius 2 is 1.90 bits per heavy atom. The van der Waals surface area contributed by atoms with Gasteiger partial charge in [0, 0.05) is 6.42 Å². The number of fused-ring (bicyclic) bond motifs is 1. The predicted octanol–water partition coefficient (Wildman–Crippen LogP) is 3.23. The van der Waals surface area contributed by atoms with Gasteiger partial charge in [0.05, 0.1) is 11.2 Å². The zero-order chi connectivity index (χ0) is 15.0. The van der Waals surface area contributed by atoms with Crippen molar-refractivity contribution in [3.05, 3.63) is 70.3 Å². The molecule has 0 bridgehead atoms. The van der Waals surface area contributed by atoms with E-state index in [4.69, 9.17) is 0 Å². The highest BCUT2D eigenvalue weighted by Gasteiger charge is 2.14. The molecule has 3 aromatic rings. The molecule has 0 aliphatic heterocycles. The van der Waals surface area contributed by atoms with Crippen molar-refractivity contribution >= 4 is 10.9 Å². The zero-order valence-corrected chi connectivity index (χ0v) is 11.3. The number of hydrogen-bond acceptors (Lipinski definition) is 2. The smallest absolute Gasteiger partial charge is 0.268 e. The van der Waals surface area contributed by atoms with Gasteiger partial charge in [-0.05, 0) is 30.3 Å². The molecule has 2 aromatic carbocycles. The Labute approximate surface area is 119 Å². The standard InChI is InChI=1S/C16H12F2N2O/c1-2-14-19-13-8-4-7-12(18)15(13)16(21)20(14)11-6-3-5-10(17)9-11/h3-9H,2H2,1H3. The lowest BCUT2D eigenvalue weighted by Crippen LogP contribution is -2.24. The number of aromatic nitrogens is 2. The Balaban J connectivity index is 2.44. The lowest BCUT2D eigenvalue weighted by Gasteiger charge is -2.12. The summed E-state index contributed by atoms with van der Waals surface area (Å²) >= 11 is 0. The molecule has 0 atom stereocenters. The third-order valence-electron chi connectivity index (χ3n) is 3.30. The molecule has 0 aliphatic rings. The first-order valence-corrected chi connectivity index (χ1v) is 6.58. The molecular formula is C16H12F2N2O. The second-order valence-electron chi connectivity index (χ2n) is 4.64. The van der Waals surface area contributed by atoms with Gasteiger partial charge < -0.3 is 0 Å².